The van der Waals surface area contributed by atoms with Crippen molar-refractivity contribution in [2.24, 2.45) is 5.92 Å². The van der Waals surface area contributed by atoms with Crippen molar-refractivity contribution < 1.29 is 4.79 Å². The summed E-state index contributed by atoms with van der Waals surface area (Å²) in [6, 6.07) is 8.36. The molecule has 4 aromatic rings. The lowest BCUT2D eigenvalue weighted by molar-refractivity contribution is -0.116. The monoisotopic (exact) mass is 449 g/mol. The summed E-state index contributed by atoms with van der Waals surface area (Å²) in [5.41, 5.74) is 4.55. The smallest absolute Gasteiger partial charge is 0.237 e. The predicted molar refractivity (Wildman–Crippen MR) is 125 cm³/mol. The van der Waals surface area contributed by atoms with E-state index in [9.17, 15) is 4.79 Å². The van der Waals surface area contributed by atoms with Crippen LogP contribution in [0.15, 0.2) is 35.7 Å². The number of benzene rings is 1. The lowest BCUT2D eigenvalue weighted by Gasteiger charge is -2.22. The second kappa shape index (κ2) is 7.31. The number of hydrogen-bond donors (Lipinski definition) is 0. The number of amides is 1. The minimum atomic E-state index is 0.107. The van der Waals surface area contributed by atoms with E-state index in [1.165, 1.54) is 34.2 Å². The lowest BCUT2D eigenvalue weighted by atomic mass is 9.89. The van der Waals surface area contributed by atoms with Gasteiger partial charge < -0.3 is 4.90 Å². The maximum atomic E-state index is 13.1. The Morgan fingerprint density at radius 2 is 2.10 bits per heavy atom. The molecule has 0 radical (unpaired) electrons. The van der Waals surface area contributed by atoms with Gasteiger partial charge in [0, 0.05) is 16.6 Å². The van der Waals surface area contributed by atoms with Gasteiger partial charge in [0.1, 0.15) is 11.2 Å². The number of carbonyl (C=O) groups excluding carboxylic acids is 1. The Hall–Kier alpha value is -2.45. The van der Waals surface area contributed by atoms with Crippen LogP contribution in [-0.2, 0) is 24.1 Å². The second-order valence-electron chi connectivity index (χ2n) is 8.69. The van der Waals surface area contributed by atoms with Crippen LogP contribution in [0.2, 0.25) is 0 Å². The third-order valence-electron chi connectivity index (χ3n) is 6.47. The van der Waals surface area contributed by atoms with E-state index in [1.54, 1.807) is 11.3 Å². The van der Waals surface area contributed by atoms with Crippen LogP contribution in [0, 0.1) is 5.92 Å². The van der Waals surface area contributed by atoms with Crippen molar-refractivity contribution in [2.45, 2.75) is 50.7 Å². The van der Waals surface area contributed by atoms with E-state index >= 15 is 0 Å². The molecule has 158 valence electrons. The fourth-order valence-electron chi connectivity index (χ4n) is 4.96. The number of para-hydroxylation sites is 1. The van der Waals surface area contributed by atoms with Crippen molar-refractivity contribution in [1.82, 2.24) is 19.6 Å². The van der Waals surface area contributed by atoms with Crippen LogP contribution in [-0.4, -0.2) is 37.3 Å². The van der Waals surface area contributed by atoms with Gasteiger partial charge in [0.2, 0.25) is 5.91 Å². The zero-order valence-electron chi connectivity index (χ0n) is 17.5. The van der Waals surface area contributed by atoms with Gasteiger partial charge in [-0.05, 0) is 55.7 Å². The Balaban J connectivity index is 1.29. The molecule has 2 aliphatic rings. The maximum Gasteiger partial charge on any atom is 0.237 e. The molecule has 4 heterocycles. The van der Waals surface area contributed by atoms with E-state index in [1.807, 2.05) is 33.8 Å². The van der Waals surface area contributed by atoms with Crippen LogP contribution in [0.3, 0.4) is 0 Å². The molecule has 0 N–H and O–H groups in total. The highest BCUT2D eigenvalue weighted by molar-refractivity contribution is 7.99. The Kier molecular flexibility index (Phi) is 4.54. The van der Waals surface area contributed by atoms with Crippen LogP contribution in [0.5, 0.6) is 0 Å². The average molecular weight is 450 g/mol. The van der Waals surface area contributed by atoms with Gasteiger partial charge in [-0.15, -0.1) is 21.5 Å². The molecule has 0 unspecified atom stereocenters. The van der Waals surface area contributed by atoms with Crippen molar-refractivity contribution in [2.75, 3.05) is 10.7 Å². The average Bonchev–Trinajstić information content (AvgIpc) is 3.43. The van der Waals surface area contributed by atoms with E-state index in [2.05, 4.69) is 30.1 Å². The van der Waals surface area contributed by atoms with Crippen molar-refractivity contribution >= 4 is 50.6 Å². The van der Waals surface area contributed by atoms with Gasteiger partial charge in [-0.25, -0.2) is 4.98 Å². The third-order valence-corrected chi connectivity index (χ3v) is 8.56. The summed E-state index contributed by atoms with van der Waals surface area (Å²) < 4.78 is 1.95. The van der Waals surface area contributed by atoms with Crippen LogP contribution >= 0.6 is 23.1 Å². The van der Waals surface area contributed by atoms with E-state index in [4.69, 9.17) is 4.98 Å². The number of thioether (sulfide) groups is 1. The molecular formula is C23H23N5OS2. The van der Waals surface area contributed by atoms with Crippen molar-refractivity contribution in [3.8, 4) is 0 Å². The molecule has 3 aromatic heterocycles. The Morgan fingerprint density at radius 3 is 3.00 bits per heavy atom. The predicted octanol–water partition coefficient (Wildman–Crippen LogP) is 4.53. The summed E-state index contributed by atoms with van der Waals surface area (Å²) in [4.78, 5) is 22.2. The SMILES string of the molecule is C[C@@H]1CCc2c(sc3ncn4c(SCC(=O)N5c6ccccc6C[C@H]5C)nnc4c23)C1. The number of thiophene rings is 1. The number of nitrogens with zero attached hydrogens (tertiary/aromatic N) is 5. The number of aromatic nitrogens is 4. The summed E-state index contributed by atoms with van der Waals surface area (Å²) >= 11 is 3.24. The van der Waals surface area contributed by atoms with Gasteiger partial charge in [-0.3, -0.25) is 9.20 Å². The Labute approximate surface area is 188 Å². The molecule has 0 fully saturated rings. The molecule has 0 bridgehead atoms. The Bertz CT molecular complexity index is 1330. The molecule has 1 aliphatic heterocycles. The van der Waals surface area contributed by atoms with Crippen LogP contribution in [0.25, 0.3) is 15.9 Å². The summed E-state index contributed by atoms with van der Waals surface area (Å²) in [5.74, 6) is 1.16. The number of anilines is 1. The highest BCUT2D eigenvalue weighted by Crippen LogP contribution is 2.39. The quantitative estimate of drug-likeness (QED) is 0.430. The normalized spacial score (nSPS) is 20.4. The lowest BCUT2D eigenvalue weighted by Crippen LogP contribution is -2.37. The minimum absolute atomic E-state index is 0.107. The molecule has 2 atom stereocenters. The zero-order chi connectivity index (χ0) is 21.1. The molecule has 6 rings (SSSR count). The maximum absolute atomic E-state index is 13.1. The first kappa shape index (κ1) is 19.3. The standard InChI is InChI=1S/C23H23N5OS2/c1-13-7-8-16-18(9-13)31-22-20(16)21-25-26-23(27(21)12-24-22)30-11-19(29)28-14(2)10-15-5-3-4-6-17(15)28/h3-6,12-14H,7-11H2,1-2H3/t13-,14-/m1/s1. The van der Waals surface area contributed by atoms with Gasteiger partial charge in [0.15, 0.2) is 10.8 Å². The van der Waals surface area contributed by atoms with Gasteiger partial charge in [-0.1, -0.05) is 36.9 Å². The number of rotatable bonds is 3. The van der Waals surface area contributed by atoms with E-state index in [-0.39, 0.29) is 11.9 Å². The number of hydrogen-bond acceptors (Lipinski definition) is 6. The first-order chi connectivity index (χ1) is 15.1. The fraction of sp³-hybridized carbons (Fsp3) is 0.391. The molecule has 31 heavy (non-hydrogen) atoms. The largest absolute Gasteiger partial charge is 0.308 e. The molecule has 0 saturated heterocycles. The van der Waals surface area contributed by atoms with Crippen molar-refractivity contribution in [1.29, 1.82) is 0 Å². The molecule has 8 heteroatoms. The second-order valence-corrected chi connectivity index (χ2v) is 10.7. The van der Waals surface area contributed by atoms with Gasteiger partial charge in [-0.2, -0.15) is 0 Å². The summed E-state index contributed by atoms with van der Waals surface area (Å²) in [6.45, 7) is 4.43. The topological polar surface area (TPSA) is 63.4 Å². The molecule has 1 amide bonds. The Morgan fingerprint density at radius 1 is 1.23 bits per heavy atom. The van der Waals surface area contributed by atoms with Crippen molar-refractivity contribution in [3.05, 3.63) is 46.6 Å². The van der Waals surface area contributed by atoms with E-state index in [0.717, 1.165) is 51.9 Å². The molecule has 6 nitrogen and oxygen atoms in total. The highest BCUT2D eigenvalue weighted by atomic mass is 32.2. The summed E-state index contributed by atoms with van der Waals surface area (Å²) in [6.07, 6.45) is 6.13. The van der Waals surface area contributed by atoms with Crippen LogP contribution < -0.4 is 4.90 Å². The third kappa shape index (κ3) is 3.07. The van der Waals surface area contributed by atoms with E-state index < -0.39 is 0 Å². The summed E-state index contributed by atoms with van der Waals surface area (Å²) in [5, 5.41) is 10.8. The van der Waals surface area contributed by atoms with Gasteiger partial charge >= 0.3 is 0 Å². The first-order valence-corrected chi connectivity index (χ1v) is 12.6. The zero-order valence-corrected chi connectivity index (χ0v) is 19.2. The van der Waals surface area contributed by atoms with Gasteiger partial charge in [0.05, 0.1) is 11.1 Å². The first-order valence-electron chi connectivity index (χ1n) is 10.8. The van der Waals surface area contributed by atoms with Gasteiger partial charge in [0.25, 0.3) is 0 Å². The fourth-order valence-corrected chi connectivity index (χ4v) is 7.07. The van der Waals surface area contributed by atoms with E-state index in [0.29, 0.717) is 5.75 Å². The molecule has 1 aliphatic carbocycles. The number of aryl methyl sites for hydroxylation is 1. The summed E-state index contributed by atoms with van der Waals surface area (Å²) in [7, 11) is 0. The molecule has 0 spiro atoms. The van der Waals surface area contributed by atoms with Crippen LogP contribution in [0.1, 0.15) is 36.3 Å². The molecular weight excluding hydrogens is 426 g/mol. The minimum Gasteiger partial charge on any atom is -0.308 e. The number of fused-ring (bicyclic) bond motifs is 6. The molecule has 0 saturated carbocycles. The van der Waals surface area contributed by atoms with Crippen LogP contribution in [0.4, 0.5) is 5.69 Å². The van der Waals surface area contributed by atoms with Crippen molar-refractivity contribution in [3.63, 3.8) is 0 Å². The molecule has 1 aromatic carbocycles. The highest BCUT2D eigenvalue weighted by Gasteiger charge is 2.31. The number of carbonyl (C=O) groups is 1.